The van der Waals surface area contributed by atoms with Crippen molar-refractivity contribution in [1.82, 2.24) is 9.71 Å². The molecular weight excluding hydrogens is 528 g/mol. The third-order valence-corrected chi connectivity index (χ3v) is 6.74. The molecule has 1 aromatic heterocycles. The van der Waals surface area contributed by atoms with Gasteiger partial charge in [-0.2, -0.15) is 13.2 Å². The van der Waals surface area contributed by atoms with Crippen LogP contribution in [0.25, 0.3) is 5.57 Å². The zero-order chi connectivity index (χ0) is 28.6. The van der Waals surface area contributed by atoms with Crippen LogP contribution in [-0.2, 0) is 6.18 Å². The maximum Gasteiger partial charge on any atom is 0.416 e. The Morgan fingerprint density at radius 3 is 2.54 bits per heavy atom. The molecule has 3 rings (SSSR count). The number of alkyl halides is 3. The second-order valence-corrected chi connectivity index (χ2v) is 9.28. The zero-order valence-electron chi connectivity index (χ0n) is 21.3. The number of allylic oxidation sites excluding steroid dienone is 4. The van der Waals surface area contributed by atoms with Crippen molar-refractivity contribution in [2.75, 3.05) is 13.6 Å². The number of aromatic nitrogens is 1. The van der Waals surface area contributed by atoms with Gasteiger partial charge >= 0.3 is 6.18 Å². The third-order valence-electron chi connectivity index (χ3n) is 6.56. The van der Waals surface area contributed by atoms with Crippen LogP contribution in [0.1, 0.15) is 30.5 Å². The normalized spacial score (nSPS) is 21.8. The first kappa shape index (κ1) is 29.9. The van der Waals surface area contributed by atoms with Crippen LogP contribution in [0.4, 0.5) is 23.2 Å². The van der Waals surface area contributed by atoms with E-state index in [1.54, 1.807) is 25.4 Å². The predicted octanol–water partition coefficient (Wildman–Crippen LogP) is 5.94. The largest absolute Gasteiger partial charge is 0.416 e. The molecule has 0 saturated heterocycles. The molecule has 1 heterocycles. The highest BCUT2D eigenvalue weighted by atomic mass is 32.1. The highest BCUT2D eigenvalue weighted by molar-refractivity contribution is 7.78. The van der Waals surface area contributed by atoms with Crippen molar-refractivity contribution < 1.29 is 17.6 Å². The predicted molar refractivity (Wildman–Crippen MR) is 152 cm³/mol. The van der Waals surface area contributed by atoms with E-state index in [4.69, 9.17) is 16.5 Å². The molecule has 1 aliphatic carbocycles. The summed E-state index contributed by atoms with van der Waals surface area (Å²) < 4.78 is 57.0. The van der Waals surface area contributed by atoms with E-state index in [9.17, 15) is 17.6 Å². The number of pyridine rings is 1. The van der Waals surface area contributed by atoms with Gasteiger partial charge in [0.25, 0.3) is 0 Å². The number of hydrogen-bond donors (Lipinski definition) is 4. The molecule has 1 aliphatic rings. The molecule has 1 aromatic carbocycles. The number of aliphatic imine (C=N–C) groups is 2. The lowest BCUT2D eigenvalue weighted by Crippen LogP contribution is -2.35. The first-order valence-corrected chi connectivity index (χ1v) is 12.4. The van der Waals surface area contributed by atoms with Crippen LogP contribution in [0.15, 0.2) is 94.4 Å². The Balaban J connectivity index is 2.23. The summed E-state index contributed by atoms with van der Waals surface area (Å²) in [5.41, 5.74) is 13.9. The van der Waals surface area contributed by atoms with E-state index in [0.717, 1.165) is 23.9 Å². The summed E-state index contributed by atoms with van der Waals surface area (Å²) in [5, 5.41) is 0. The quantitative estimate of drug-likeness (QED) is 0.139. The third kappa shape index (κ3) is 7.04. The Morgan fingerprint density at radius 2 is 1.95 bits per heavy atom. The van der Waals surface area contributed by atoms with Gasteiger partial charge in [-0.25, -0.2) is 4.39 Å². The van der Waals surface area contributed by atoms with Gasteiger partial charge in [0.2, 0.25) is 0 Å². The minimum absolute atomic E-state index is 0.0923. The SMILES string of the molecule is C=C(c1cc(C(F)(F)F)ccn1)C1(C/C(C=NC)=C/N)C/C(=C/N)C(=Nc2ccc(F)cc2)C/C1=C/CNS. The topological polar surface area (TPSA) is 102 Å². The van der Waals surface area contributed by atoms with E-state index < -0.39 is 17.2 Å². The molecule has 11 heteroatoms. The van der Waals surface area contributed by atoms with Crippen LogP contribution >= 0.6 is 12.8 Å². The maximum atomic E-state index is 13.6. The first-order valence-electron chi connectivity index (χ1n) is 11.9. The number of hydrogen-bond acceptors (Lipinski definition) is 7. The Kier molecular flexibility index (Phi) is 9.87. The van der Waals surface area contributed by atoms with E-state index in [1.165, 1.54) is 24.5 Å². The number of thiol groups is 1. The molecule has 2 aromatic rings. The smallest absolute Gasteiger partial charge is 0.404 e. The average molecular weight is 559 g/mol. The van der Waals surface area contributed by atoms with E-state index in [0.29, 0.717) is 34.7 Å². The lowest BCUT2D eigenvalue weighted by atomic mass is 9.60. The molecule has 0 aliphatic heterocycles. The summed E-state index contributed by atoms with van der Waals surface area (Å²) in [5.74, 6) is -0.389. The summed E-state index contributed by atoms with van der Waals surface area (Å²) in [6, 6.07) is 7.63. The van der Waals surface area contributed by atoms with Gasteiger partial charge in [-0.15, -0.1) is 0 Å². The Bertz CT molecular complexity index is 1340. The minimum atomic E-state index is -4.55. The Morgan fingerprint density at radius 1 is 1.23 bits per heavy atom. The Labute approximate surface area is 230 Å². The molecule has 0 bridgehead atoms. The highest BCUT2D eigenvalue weighted by Gasteiger charge is 2.44. The molecule has 5 N–H and O–H groups in total. The summed E-state index contributed by atoms with van der Waals surface area (Å²) in [6.45, 7) is 4.61. The molecule has 6 nitrogen and oxygen atoms in total. The van der Waals surface area contributed by atoms with Crippen LogP contribution in [0.2, 0.25) is 0 Å². The molecule has 1 saturated carbocycles. The standard InChI is InChI=1S/C28H30F4N6S/c1-18(25-12-22(7-9-36-25)28(30,31)32)27(13-19(15-33)17-35-2)14-20(16-34)26(11-21(27)8-10-37-39)38-24-5-3-23(29)4-6-24/h3-9,12,15-17,37,39H,1,10-11,13-14,33-34H2,2H3/b19-15-,20-16-,21-8-,35-17?,38-26?. The number of halogens is 4. The summed E-state index contributed by atoms with van der Waals surface area (Å²) in [6.07, 6.45) is 3.68. The molecule has 0 amide bonds. The monoisotopic (exact) mass is 558 g/mol. The summed E-state index contributed by atoms with van der Waals surface area (Å²) in [7, 11) is 1.60. The molecular formula is C28H30F4N6S. The molecule has 39 heavy (non-hydrogen) atoms. The fourth-order valence-corrected chi connectivity index (χ4v) is 4.73. The number of benzene rings is 1. The van der Waals surface area contributed by atoms with E-state index >= 15 is 0 Å². The van der Waals surface area contributed by atoms with Gasteiger partial charge in [0.15, 0.2) is 0 Å². The minimum Gasteiger partial charge on any atom is -0.404 e. The van der Waals surface area contributed by atoms with Crippen molar-refractivity contribution in [2.45, 2.75) is 25.4 Å². The lowest BCUT2D eigenvalue weighted by molar-refractivity contribution is -0.137. The van der Waals surface area contributed by atoms with Gasteiger partial charge in [-0.05, 0) is 78.4 Å². The van der Waals surface area contributed by atoms with Gasteiger partial charge in [0.1, 0.15) is 5.82 Å². The fraction of sp³-hybridized carbons (Fsp3) is 0.250. The van der Waals surface area contributed by atoms with E-state index in [2.05, 4.69) is 34.1 Å². The van der Waals surface area contributed by atoms with Crippen molar-refractivity contribution in [1.29, 1.82) is 0 Å². The number of nitrogens with two attached hydrogens (primary N) is 2. The van der Waals surface area contributed by atoms with Crippen LogP contribution in [0.3, 0.4) is 0 Å². The second-order valence-electron chi connectivity index (χ2n) is 8.97. The molecule has 1 unspecified atom stereocenters. The van der Waals surface area contributed by atoms with Crippen LogP contribution in [0, 0.1) is 11.2 Å². The highest BCUT2D eigenvalue weighted by Crippen LogP contribution is 2.54. The van der Waals surface area contributed by atoms with Gasteiger partial charge in [0.05, 0.1) is 16.9 Å². The van der Waals surface area contributed by atoms with Crippen molar-refractivity contribution in [2.24, 2.45) is 26.9 Å². The molecule has 0 spiro atoms. The Hall–Kier alpha value is -3.70. The first-order chi connectivity index (χ1) is 18.6. The van der Waals surface area contributed by atoms with Gasteiger partial charge in [-0.3, -0.25) is 19.7 Å². The van der Waals surface area contributed by atoms with Crippen molar-refractivity contribution in [3.8, 4) is 0 Å². The van der Waals surface area contributed by atoms with Crippen molar-refractivity contribution in [3.05, 3.63) is 101 Å². The summed E-state index contributed by atoms with van der Waals surface area (Å²) >= 11 is 4.11. The molecule has 206 valence electrons. The molecule has 0 radical (unpaired) electrons. The van der Waals surface area contributed by atoms with Crippen LogP contribution in [-0.4, -0.2) is 30.5 Å². The van der Waals surface area contributed by atoms with Gasteiger partial charge in [0, 0.05) is 43.6 Å². The average Bonchev–Trinajstić information content (AvgIpc) is 2.92. The van der Waals surface area contributed by atoms with Gasteiger partial charge in [-0.1, -0.05) is 31.0 Å². The van der Waals surface area contributed by atoms with Crippen molar-refractivity contribution in [3.63, 3.8) is 0 Å². The maximum absolute atomic E-state index is 13.6. The zero-order valence-corrected chi connectivity index (χ0v) is 22.2. The number of nitrogens with one attached hydrogen (secondary N) is 1. The number of nitrogens with zero attached hydrogens (tertiary/aromatic N) is 3. The van der Waals surface area contributed by atoms with Crippen molar-refractivity contribution >= 4 is 36.0 Å². The summed E-state index contributed by atoms with van der Waals surface area (Å²) in [4.78, 5) is 13.0. The lowest BCUT2D eigenvalue weighted by Gasteiger charge is -2.43. The second kappa shape index (κ2) is 12.9. The van der Waals surface area contributed by atoms with E-state index in [-0.39, 0.29) is 30.8 Å². The van der Waals surface area contributed by atoms with Crippen LogP contribution < -0.4 is 16.2 Å². The molecule has 1 atom stereocenters. The number of rotatable bonds is 8. The molecule has 1 fully saturated rings. The fourth-order valence-electron chi connectivity index (χ4n) is 4.64. The van der Waals surface area contributed by atoms with Gasteiger partial charge < -0.3 is 11.5 Å². The van der Waals surface area contributed by atoms with Crippen LogP contribution in [0.5, 0.6) is 0 Å². The van der Waals surface area contributed by atoms with E-state index in [1.807, 2.05) is 6.08 Å².